The zero-order valence-electron chi connectivity index (χ0n) is 39.8. The SMILES string of the molecule is CC/C=C\C/C=C\C/C=C\C/C=C\C/C=C\C/C=C\CCC(=O)OCC(COC(=O)CCCCCCCCCCCC)OC(=O)CCCCCCC/C=C\C/C=C\C/C=C\CC. The highest BCUT2D eigenvalue weighted by Crippen LogP contribution is 2.13. The second-order valence-electron chi connectivity index (χ2n) is 16.0. The first-order valence-electron chi connectivity index (χ1n) is 24.9. The van der Waals surface area contributed by atoms with E-state index < -0.39 is 6.10 Å². The van der Waals surface area contributed by atoms with E-state index in [2.05, 4.69) is 118 Å². The minimum absolute atomic E-state index is 0.109. The third kappa shape index (κ3) is 47.1. The highest BCUT2D eigenvalue weighted by atomic mass is 16.6. The predicted molar refractivity (Wildman–Crippen MR) is 265 cm³/mol. The Kier molecular flexibility index (Phi) is 46.6. The van der Waals surface area contributed by atoms with Crippen LogP contribution in [0.15, 0.2) is 109 Å². The van der Waals surface area contributed by atoms with Crippen LogP contribution in [0.25, 0.3) is 0 Å². The number of rotatable bonds is 43. The third-order valence-electron chi connectivity index (χ3n) is 10.0. The Balaban J connectivity index is 4.52. The summed E-state index contributed by atoms with van der Waals surface area (Å²) in [6.07, 6.45) is 66.5. The van der Waals surface area contributed by atoms with Gasteiger partial charge < -0.3 is 14.2 Å². The predicted octanol–water partition coefficient (Wildman–Crippen LogP) is 16.4. The van der Waals surface area contributed by atoms with Crippen LogP contribution in [0, 0.1) is 0 Å². The second-order valence-corrected chi connectivity index (χ2v) is 16.0. The minimum Gasteiger partial charge on any atom is -0.462 e. The highest BCUT2D eigenvalue weighted by molar-refractivity contribution is 5.71. The Labute approximate surface area is 380 Å². The Hall–Kier alpha value is -3.93. The van der Waals surface area contributed by atoms with Gasteiger partial charge >= 0.3 is 17.9 Å². The molecule has 62 heavy (non-hydrogen) atoms. The zero-order valence-corrected chi connectivity index (χ0v) is 39.8. The molecule has 0 fully saturated rings. The van der Waals surface area contributed by atoms with Gasteiger partial charge in [-0.2, -0.15) is 0 Å². The van der Waals surface area contributed by atoms with E-state index in [4.69, 9.17) is 14.2 Å². The fraction of sp³-hybridized carbons (Fsp3) is 0.625. The topological polar surface area (TPSA) is 78.9 Å². The molecule has 0 amide bonds. The lowest BCUT2D eigenvalue weighted by Crippen LogP contribution is -2.30. The lowest BCUT2D eigenvalue weighted by Gasteiger charge is -2.18. The van der Waals surface area contributed by atoms with E-state index in [1.165, 1.54) is 44.9 Å². The summed E-state index contributed by atoms with van der Waals surface area (Å²) in [6, 6.07) is 0. The zero-order chi connectivity index (χ0) is 45.1. The normalized spacial score (nSPS) is 13.0. The standard InChI is InChI=1S/C56H90O6/c1-4-7-10-13-16-19-22-24-26-27-28-29-31-32-34-37-40-43-46-49-55(58)61-52-53(51-60-54(57)48-45-42-39-36-21-18-15-12-9-6-3)62-56(59)50-47-44-41-38-35-33-30-25-23-20-17-14-11-8-5-2/h7-8,10-11,16-17,19-20,24-26,28-30,32,34,40,43,53H,4-6,9,12-15,18,21-23,27,31,33,35-39,41-42,44-52H2,1-3H3/b10-7-,11-8-,19-16-,20-17-,26-24-,29-28-,30-25-,34-32-,43-40-. The molecule has 0 aromatic carbocycles. The molecule has 0 saturated heterocycles. The first-order valence-corrected chi connectivity index (χ1v) is 24.9. The molecule has 0 aliphatic carbocycles. The van der Waals surface area contributed by atoms with Gasteiger partial charge in [-0.05, 0) is 89.9 Å². The van der Waals surface area contributed by atoms with E-state index in [9.17, 15) is 14.4 Å². The summed E-state index contributed by atoms with van der Waals surface area (Å²) >= 11 is 0. The molecule has 0 N–H and O–H groups in total. The summed E-state index contributed by atoms with van der Waals surface area (Å²) < 4.78 is 16.7. The van der Waals surface area contributed by atoms with Crippen LogP contribution in [-0.4, -0.2) is 37.2 Å². The van der Waals surface area contributed by atoms with E-state index >= 15 is 0 Å². The van der Waals surface area contributed by atoms with Gasteiger partial charge in [0.25, 0.3) is 0 Å². The van der Waals surface area contributed by atoms with Crippen molar-refractivity contribution < 1.29 is 28.6 Å². The van der Waals surface area contributed by atoms with Crippen molar-refractivity contribution >= 4 is 17.9 Å². The Bertz CT molecular complexity index is 1310. The molecule has 6 nitrogen and oxygen atoms in total. The summed E-state index contributed by atoms with van der Waals surface area (Å²) in [5.74, 6) is -1.02. The van der Waals surface area contributed by atoms with Crippen molar-refractivity contribution in [1.82, 2.24) is 0 Å². The van der Waals surface area contributed by atoms with Crippen LogP contribution >= 0.6 is 0 Å². The smallest absolute Gasteiger partial charge is 0.306 e. The van der Waals surface area contributed by atoms with Crippen LogP contribution < -0.4 is 0 Å². The third-order valence-corrected chi connectivity index (χ3v) is 10.0. The number of hydrogen-bond acceptors (Lipinski definition) is 6. The average Bonchev–Trinajstić information content (AvgIpc) is 3.27. The summed E-state index contributed by atoms with van der Waals surface area (Å²) in [7, 11) is 0. The van der Waals surface area contributed by atoms with Gasteiger partial charge in [0.1, 0.15) is 13.2 Å². The minimum atomic E-state index is -0.816. The van der Waals surface area contributed by atoms with Crippen LogP contribution in [-0.2, 0) is 28.6 Å². The monoisotopic (exact) mass is 859 g/mol. The van der Waals surface area contributed by atoms with Crippen LogP contribution in [0.2, 0.25) is 0 Å². The maximum Gasteiger partial charge on any atom is 0.306 e. The Morgan fingerprint density at radius 2 is 0.661 bits per heavy atom. The van der Waals surface area contributed by atoms with Crippen molar-refractivity contribution in [3.63, 3.8) is 0 Å². The van der Waals surface area contributed by atoms with Gasteiger partial charge in [0.15, 0.2) is 6.10 Å². The van der Waals surface area contributed by atoms with Crippen LogP contribution in [0.1, 0.15) is 207 Å². The van der Waals surface area contributed by atoms with Gasteiger partial charge in [-0.25, -0.2) is 0 Å². The molecule has 0 aromatic rings. The molecule has 0 aliphatic heterocycles. The molecule has 0 aliphatic rings. The maximum absolute atomic E-state index is 12.8. The molecule has 0 bridgehead atoms. The molecular formula is C56H90O6. The fourth-order valence-electron chi connectivity index (χ4n) is 6.36. The Morgan fingerprint density at radius 1 is 0.339 bits per heavy atom. The molecule has 350 valence electrons. The maximum atomic E-state index is 12.8. The number of ether oxygens (including phenoxy) is 3. The number of esters is 3. The van der Waals surface area contributed by atoms with E-state index in [0.29, 0.717) is 19.3 Å². The second kappa shape index (κ2) is 49.7. The molecule has 0 saturated carbocycles. The van der Waals surface area contributed by atoms with Gasteiger partial charge in [-0.1, -0.05) is 207 Å². The number of carbonyl (C=O) groups is 3. The van der Waals surface area contributed by atoms with Crippen molar-refractivity contribution in [3.8, 4) is 0 Å². The molecule has 0 heterocycles. The number of allylic oxidation sites excluding steroid dienone is 18. The van der Waals surface area contributed by atoms with Gasteiger partial charge in [0.2, 0.25) is 0 Å². The van der Waals surface area contributed by atoms with E-state index in [-0.39, 0.29) is 37.5 Å². The van der Waals surface area contributed by atoms with Crippen LogP contribution in [0.5, 0.6) is 0 Å². The first-order chi connectivity index (χ1) is 30.5. The summed E-state index contributed by atoms with van der Waals surface area (Å²) in [6.45, 7) is 6.30. The largest absolute Gasteiger partial charge is 0.462 e. The number of hydrogen-bond donors (Lipinski definition) is 0. The lowest BCUT2D eigenvalue weighted by molar-refractivity contribution is -0.166. The number of carbonyl (C=O) groups excluding carboxylic acids is 3. The van der Waals surface area contributed by atoms with Gasteiger partial charge in [-0.15, -0.1) is 0 Å². The van der Waals surface area contributed by atoms with Gasteiger partial charge in [-0.3, -0.25) is 14.4 Å². The molecule has 0 aromatic heterocycles. The lowest BCUT2D eigenvalue weighted by atomic mass is 10.1. The fourth-order valence-corrected chi connectivity index (χ4v) is 6.36. The highest BCUT2D eigenvalue weighted by Gasteiger charge is 2.19. The van der Waals surface area contributed by atoms with Crippen LogP contribution in [0.4, 0.5) is 0 Å². The quantitative estimate of drug-likeness (QED) is 0.0263. The van der Waals surface area contributed by atoms with Crippen molar-refractivity contribution in [2.75, 3.05) is 13.2 Å². The molecule has 0 rings (SSSR count). The van der Waals surface area contributed by atoms with E-state index in [1.807, 2.05) is 12.2 Å². The molecular weight excluding hydrogens is 769 g/mol. The van der Waals surface area contributed by atoms with E-state index in [0.717, 1.165) is 116 Å². The molecule has 1 atom stereocenters. The van der Waals surface area contributed by atoms with Gasteiger partial charge in [0.05, 0.1) is 0 Å². The summed E-state index contributed by atoms with van der Waals surface area (Å²) in [5.41, 5.74) is 0. The van der Waals surface area contributed by atoms with E-state index in [1.54, 1.807) is 0 Å². The van der Waals surface area contributed by atoms with Crippen LogP contribution in [0.3, 0.4) is 0 Å². The first kappa shape index (κ1) is 58.1. The number of unbranched alkanes of at least 4 members (excludes halogenated alkanes) is 14. The Morgan fingerprint density at radius 3 is 1.08 bits per heavy atom. The molecule has 0 radical (unpaired) electrons. The van der Waals surface area contributed by atoms with Crippen molar-refractivity contribution in [1.29, 1.82) is 0 Å². The average molecular weight is 859 g/mol. The molecule has 6 heteroatoms. The summed E-state index contributed by atoms with van der Waals surface area (Å²) in [4.78, 5) is 37.8. The van der Waals surface area contributed by atoms with Crippen molar-refractivity contribution in [2.45, 2.75) is 213 Å². The molecule has 1 unspecified atom stereocenters. The van der Waals surface area contributed by atoms with Crippen molar-refractivity contribution in [2.24, 2.45) is 0 Å². The van der Waals surface area contributed by atoms with Crippen molar-refractivity contribution in [3.05, 3.63) is 109 Å². The van der Waals surface area contributed by atoms with Gasteiger partial charge in [0, 0.05) is 19.3 Å². The summed E-state index contributed by atoms with van der Waals surface area (Å²) in [5, 5.41) is 0. The molecule has 0 spiro atoms.